The molecule has 0 bridgehead atoms. The van der Waals surface area contributed by atoms with Crippen LogP contribution < -0.4 is 16.0 Å². The van der Waals surface area contributed by atoms with Gasteiger partial charge >= 0.3 is 6.09 Å². The fourth-order valence-corrected chi connectivity index (χ4v) is 3.20. The molecule has 0 aliphatic carbocycles. The van der Waals surface area contributed by atoms with Gasteiger partial charge in [0, 0.05) is 23.7 Å². The van der Waals surface area contributed by atoms with Gasteiger partial charge in [0.2, 0.25) is 11.7 Å². The number of nitrogens with one attached hydrogen (secondary N) is 3. The van der Waals surface area contributed by atoms with Crippen molar-refractivity contribution in [2.24, 2.45) is 0 Å². The number of rotatable bonds is 6. The van der Waals surface area contributed by atoms with Crippen LogP contribution in [-0.4, -0.2) is 40.7 Å². The monoisotopic (exact) mass is 402 g/mol. The van der Waals surface area contributed by atoms with Gasteiger partial charge in [0.05, 0.1) is 6.04 Å². The summed E-state index contributed by atoms with van der Waals surface area (Å²) >= 11 is 1.12. The topological polar surface area (TPSA) is 126 Å². The Hall–Kier alpha value is -3.27. The minimum absolute atomic E-state index is 0.0458. The van der Waals surface area contributed by atoms with Crippen LogP contribution in [0.15, 0.2) is 41.9 Å². The van der Waals surface area contributed by atoms with E-state index in [2.05, 4.69) is 20.3 Å². The number of hydrogen-bond donors (Lipinski definition) is 3. The van der Waals surface area contributed by atoms with Crippen LogP contribution in [0.3, 0.4) is 0 Å². The van der Waals surface area contributed by atoms with Crippen LogP contribution in [0.5, 0.6) is 0 Å². The molecular formula is C18H18N4O5S. The number of alkyl carbamates (subject to hydrolysis) is 1. The van der Waals surface area contributed by atoms with Crippen molar-refractivity contribution in [3.8, 4) is 0 Å². The zero-order chi connectivity index (χ0) is 19.9. The summed E-state index contributed by atoms with van der Waals surface area (Å²) in [5, 5.41) is 9.04. The maximum absolute atomic E-state index is 12.7. The van der Waals surface area contributed by atoms with Gasteiger partial charge in [-0.15, -0.1) is 0 Å². The summed E-state index contributed by atoms with van der Waals surface area (Å²) in [5.74, 6) is -2.07. The van der Waals surface area contributed by atoms with E-state index in [-0.39, 0.29) is 19.6 Å². The largest absolute Gasteiger partial charge is 0.445 e. The molecule has 3 N–H and O–H groups in total. The molecule has 2 atom stereocenters. The number of hydrogen-bond acceptors (Lipinski definition) is 7. The summed E-state index contributed by atoms with van der Waals surface area (Å²) in [6.07, 6.45) is 0.938. The number of carbonyl (C=O) groups is 4. The maximum Gasteiger partial charge on any atom is 0.408 e. The van der Waals surface area contributed by atoms with Crippen LogP contribution in [0.2, 0.25) is 0 Å². The van der Waals surface area contributed by atoms with Gasteiger partial charge in [0.15, 0.2) is 0 Å². The first-order valence-corrected chi connectivity index (χ1v) is 9.37. The fourth-order valence-electron chi connectivity index (χ4n) is 2.64. The molecule has 3 amide bonds. The molecule has 0 spiro atoms. The predicted octanol–water partition coefficient (Wildman–Crippen LogP) is 0.684. The molecule has 10 heteroatoms. The van der Waals surface area contributed by atoms with E-state index < -0.39 is 35.8 Å². The van der Waals surface area contributed by atoms with Gasteiger partial charge in [-0.3, -0.25) is 14.4 Å². The molecule has 1 aromatic heterocycles. The van der Waals surface area contributed by atoms with Crippen LogP contribution in [0.4, 0.5) is 4.79 Å². The van der Waals surface area contributed by atoms with E-state index in [1.54, 1.807) is 17.5 Å². The van der Waals surface area contributed by atoms with Crippen molar-refractivity contribution in [1.82, 2.24) is 20.3 Å². The highest BCUT2D eigenvalue weighted by molar-refractivity contribution is 7.03. The molecule has 1 fully saturated rings. The van der Waals surface area contributed by atoms with Gasteiger partial charge in [-0.25, -0.2) is 9.17 Å². The second-order valence-corrected chi connectivity index (χ2v) is 6.72. The minimum Gasteiger partial charge on any atom is -0.445 e. The van der Waals surface area contributed by atoms with Crippen LogP contribution in [0.1, 0.15) is 23.6 Å². The Morgan fingerprint density at radius 3 is 2.79 bits per heavy atom. The van der Waals surface area contributed by atoms with E-state index in [0.717, 1.165) is 17.1 Å². The summed E-state index contributed by atoms with van der Waals surface area (Å²) in [6.45, 7) is 0.330. The number of nitrogens with zero attached hydrogens (tertiary/aromatic N) is 1. The van der Waals surface area contributed by atoms with Gasteiger partial charge in [-0.05, 0) is 23.5 Å². The SMILES string of the molecule is O=C(NC(C(=O)NC1CCNC(=O)C1=O)c1cnsc1)OCc1ccccc1. The summed E-state index contributed by atoms with van der Waals surface area (Å²) < 4.78 is 9.10. The lowest BCUT2D eigenvalue weighted by Crippen LogP contribution is -2.55. The van der Waals surface area contributed by atoms with Gasteiger partial charge < -0.3 is 20.7 Å². The zero-order valence-electron chi connectivity index (χ0n) is 14.7. The first kappa shape index (κ1) is 19.5. The lowest BCUT2D eigenvalue weighted by molar-refractivity contribution is -0.141. The molecule has 0 saturated carbocycles. The molecule has 28 heavy (non-hydrogen) atoms. The third-order valence-corrected chi connectivity index (χ3v) is 4.70. The lowest BCUT2D eigenvalue weighted by Gasteiger charge is -2.24. The number of piperidine rings is 1. The standard InChI is InChI=1S/C18H18N4O5S/c23-15-13(6-7-19-17(15)25)21-16(24)14(12-8-20-28-10-12)22-18(26)27-9-11-4-2-1-3-5-11/h1-5,8,10,13-14H,6-7,9H2,(H,19,25)(H,21,24)(H,22,26). The molecule has 3 rings (SSSR count). The van der Waals surface area contributed by atoms with Crippen LogP contribution in [0.25, 0.3) is 0 Å². The van der Waals surface area contributed by atoms with Crippen LogP contribution in [-0.2, 0) is 25.7 Å². The van der Waals surface area contributed by atoms with Crippen molar-refractivity contribution in [3.63, 3.8) is 0 Å². The molecule has 2 heterocycles. The first-order valence-electron chi connectivity index (χ1n) is 8.53. The molecule has 1 saturated heterocycles. The molecular weight excluding hydrogens is 384 g/mol. The molecule has 2 unspecified atom stereocenters. The maximum atomic E-state index is 12.7. The Balaban J connectivity index is 1.64. The number of aromatic nitrogens is 1. The van der Waals surface area contributed by atoms with Crippen molar-refractivity contribution in [3.05, 3.63) is 53.0 Å². The zero-order valence-corrected chi connectivity index (χ0v) is 15.5. The molecule has 146 valence electrons. The smallest absolute Gasteiger partial charge is 0.408 e. The Morgan fingerprint density at radius 1 is 1.29 bits per heavy atom. The number of ketones is 1. The average Bonchev–Trinajstić information content (AvgIpc) is 3.23. The highest BCUT2D eigenvalue weighted by Crippen LogP contribution is 2.16. The molecule has 1 aliphatic rings. The summed E-state index contributed by atoms with van der Waals surface area (Å²) in [5.41, 5.74) is 1.25. The van der Waals surface area contributed by atoms with E-state index in [1.165, 1.54) is 6.20 Å². The average molecular weight is 402 g/mol. The summed E-state index contributed by atoms with van der Waals surface area (Å²) in [7, 11) is 0. The number of amides is 3. The molecule has 9 nitrogen and oxygen atoms in total. The molecule has 1 aliphatic heterocycles. The Kier molecular flexibility index (Phi) is 6.33. The Bertz CT molecular complexity index is 856. The third-order valence-electron chi connectivity index (χ3n) is 4.10. The van der Waals surface area contributed by atoms with E-state index in [9.17, 15) is 19.2 Å². The molecule has 1 aromatic carbocycles. The van der Waals surface area contributed by atoms with Crippen LogP contribution in [0, 0.1) is 0 Å². The fraction of sp³-hybridized carbons (Fsp3) is 0.278. The Morgan fingerprint density at radius 2 is 2.07 bits per heavy atom. The predicted molar refractivity (Wildman–Crippen MR) is 99.2 cm³/mol. The van der Waals surface area contributed by atoms with Crippen LogP contribution >= 0.6 is 11.5 Å². The second kappa shape index (κ2) is 9.09. The van der Waals surface area contributed by atoms with Gasteiger partial charge in [0.1, 0.15) is 12.6 Å². The van der Waals surface area contributed by atoms with E-state index in [1.807, 2.05) is 18.2 Å². The minimum atomic E-state index is -1.10. The van der Waals surface area contributed by atoms with Gasteiger partial charge in [-0.2, -0.15) is 0 Å². The number of benzene rings is 1. The van der Waals surface area contributed by atoms with Crippen molar-refractivity contribution >= 4 is 35.2 Å². The van der Waals surface area contributed by atoms with Crippen molar-refractivity contribution in [2.45, 2.75) is 25.1 Å². The highest BCUT2D eigenvalue weighted by atomic mass is 32.1. The van der Waals surface area contributed by atoms with E-state index >= 15 is 0 Å². The normalized spacial score (nSPS) is 17.4. The lowest BCUT2D eigenvalue weighted by atomic mass is 10.0. The number of Topliss-reactive ketones (excluding diaryl/α,β-unsaturated/α-hetero) is 1. The highest BCUT2D eigenvalue weighted by Gasteiger charge is 2.33. The van der Waals surface area contributed by atoms with Crippen molar-refractivity contribution in [1.29, 1.82) is 0 Å². The third kappa shape index (κ3) is 4.92. The van der Waals surface area contributed by atoms with E-state index in [4.69, 9.17) is 4.74 Å². The van der Waals surface area contributed by atoms with E-state index in [0.29, 0.717) is 5.56 Å². The first-order chi connectivity index (χ1) is 13.5. The quantitative estimate of drug-likeness (QED) is 0.610. The second-order valence-electron chi connectivity index (χ2n) is 6.07. The van der Waals surface area contributed by atoms with Crippen molar-refractivity contribution in [2.75, 3.05) is 6.54 Å². The van der Waals surface area contributed by atoms with Gasteiger partial charge in [0.25, 0.3) is 5.91 Å². The number of ether oxygens (including phenoxy) is 1. The molecule has 2 aromatic rings. The van der Waals surface area contributed by atoms with Crippen molar-refractivity contribution < 1.29 is 23.9 Å². The molecule has 0 radical (unpaired) electrons. The van der Waals surface area contributed by atoms with Gasteiger partial charge in [-0.1, -0.05) is 30.3 Å². The summed E-state index contributed by atoms with van der Waals surface area (Å²) in [6, 6.07) is 7.07. The Labute approximate surface area is 164 Å². The number of carbonyl (C=O) groups excluding carboxylic acids is 4. The summed E-state index contributed by atoms with van der Waals surface area (Å²) in [4.78, 5) is 48.2.